The number of anilines is 1. The molecule has 1 aromatic carbocycles. The van der Waals surface area contributed by atoms with Gasteiger partial charge in [0.1, 0.15) is 0 Å². The predicted molar refractivity (Wildman–Crippen MR) is 106 cm³/mol. The van der Waals surface area contributed by atoms with Crippen LogP contribution in [0.3, 0.4) is 0 Å². The summed E-state index contributed by atoms with van der Waals surface area (Å²) in [6.07, 6.45) is 0. The minimum Gasteiger partial charge on any atom is -0.418 e. The Morgan fingerprint density at radius 1 is 1.15 bits per heavy atom. The van der Waals surface area contributed by atoms with Crippen molar-refractivity contribution in [3.63, 3.8) is 0 Å². The molecule has 0 bridgehead atoms. The van der Waals surface area contributed by atoms with Crippen LogP contribution in [0, 0.1) is 6.92 Å². The molecule has 26 heavy (non-hydrogen) atoms. The van der Waals surface area contributed by atoms with Gasteiger partial charge in [-0.2, -0.15) is 0 Å². The number of nitrogens with zero attached hydrogens (tertiary/aromatic N) is 4. The van der Waals surface area contributed by atoms with Crippen LogP contribution in [0.5, 0.6) is 0 Å². The highest BCUT2D eigenvalue weighted by molar-refractivity contribution is 7.13. The Bertz CT molecular complexity index is 872. The fourth-order valence-corrected chi connectivity index (χ4v) is 4.14. The van der Waals surface area contributed by atoms with Crippen molar-refractivity contribution < 1.29 is 4.42 Å². The molecule has 7 heteroatoms. The Balaban J connectivity index is 1.42. The molecule has 1 aliphatic rings. The minimum absolute atomic E-state index is 0.110. The molecular weight excluding hydrogens is 368 g/mol. The van der Waals surface area contributed by atoms with Crippen molar-refractivity contribution in [3.05, 3.63) is 52.2 Å². The Kier molecular flexibility index (Phi) is 4.98. The highest BCUT2D eigenvalue weighted by atomic mass is 35.5. The second-order valence-corrected chi connectivity index (χ2v) is 7.94. The molecule has 1 saturated heterocycles. The minimum atomic E-state index is 0.110. The first kappa shape index (κ1) is 17.5. The van der Waals surface area contributed by atoms with E-state index in [2.05, 4.69) is 46.0 Å². The molecule has 0 radical (unpaired) electrons. The lowest BCUT2D eigenvalue weighted by Crippen LogP contribution is -2.47. The summed E-state index contributed by atoms with van der Waals surface area (Å²) in [5.41, 5.74) is 2.48. The summed E-state index contributed by atoms with van der Waals surface area (Å²) < 4.78 is 5.90. The molecule has 3 heterocycles. The van der Waals surface area contributed by atoms with Crippen molar-refractivity contribution in [2.24, 2.45) is 0 Å². The van der Waals surface area contributed by atoms with E-state index in [9.17, 15) is 0 Å². The number of halogens is 1. The molecule has 136 valence electrons. The van der Waals surface area contributed by atoms with Crippen LogP contribution in [0.4, 0.5) is 5.69 Å². The third-order valence-electron chi connectivity index (χ3n) is 4.90. The zero-order valence-electron chi connectivity index (χ0n) is 14.9. The van der Waals surface area contributed by atoms with E-state index < -0.39 is 0 Å². The molecule has 0 N–H and O–H groups in total. The van der Waals surface area contributed by atoms with Crippen molar-refractivity contribution in [2.75, 3.05) is 31.1 Å². The zero-order valence-corrected chi connectivity index (χ0v) is 16.4. The van der Waals surface area contributed by atoms with Gasteiger partial charge in [-0.15, -0.1) is 21.5 Å². The lowest BCUT2D eigenvalue weighted by Gasteiger charge is -2.38. The fraction of sp³-hybridized carbons (Fsp3) is 0.368. The van der Waals surface area contributed by atoms with Crippen LogP contribution < -0.4 is 4.90 Å². The van der Waals surface area contributed by atoms with Crippen LogP contribution in [0.25, 0.3) is 10.8 Å². The van der Waals surface area contributed by atoms with E-state index in [0.29, 0.717) is 11.8 Å². The summed E-state index contributed by atoms with van der Waals surface area (Å²) in [6, 6.07) is 10.2. The monoisotopic (exact) mass is 388 g/mol. The van der Waals surface area contributed by atoms with Crippen LogP contribution in [-0.4, -0.2) is 41.3 Å². The van der Waals surface area contributed by atoms with Crippen LogP contribution in [0.15, 0.2) is 40.1 Å². The van der Waals surface area contributed by atoms with Gasteiger partial charge in [0, 0.05) is 36.9 Å². The number of hydrogen-bond acceptors (Lipinski definition) is 6. The van der Waals surface area contributed by atoms with Crippen LogP contribution in [-0.2, 0) is 0 Å². The van der Waals surface area contributed by atoms with E-state index in [1.165, 1.54) is 11.3 Å². The zero-order chi connectivity index (χ0) is 18.1. The second-order valence-electron chi connectivity index (χ2n) is 6.55. The third kappa shape index (κ3) is 3.49. The van der Waals surface area contributed by atoms with Crippen molar-refractivity contribution in [1.29, 1.82) is 0 Å². The maximum atomic E-state index is 6.18. The van der Waals surface area contributed by atoms with Gasteiger partial charge in [0.2, 0.25) is 5.89 Å². The molecular formula is C19H21ClN4OS. The van der Waals surface area contributed by atoms with E-state index >= 15 is 0 Å². The van der Waals surface area contributed by atoms with E-state index in [1.807, 2.05) is 23.6 Å². The van der Waals surface area contributed by atoms with E-state index in [0.717, 1.165) is 36.1 Å². The molecule has 0 spiro atoms. The van der Waals surface area contributed by atoms with Gasteiger partial charge in [-0.3, -0.25) is 4.90 Å². The van der Waals surface area contributed by atoms with Crippen molar-refractivity contribution >= 4 is 28.6 Å². The average molecular weight is 389 g/mol. The Hall–Kier alpha value is -1.89. The fourth-order valence-electron chi connectivity index (χ4n) is 3.33. The molecule has 4 rings (SSSR count). The number of aryl methyl sites for hydroxylation is 1. The largest absolute Gasteiger partial charge is 0.418 e. The standard InChI is InChI=1S/C19H21ClN4OS/c1-13-5-6-15(20)12-16(13)24-9-7-23(8-10-24)14(2)18-21-22-19(25-18)17-4-3-11-26-17/h3-6,11-12,14H,7-10H2,1-2H3. The summed E-state index contributed by atoms with van der Waals surface area (Å²) in [5.74, 6) is 1.29. The van der Waals surface area contributed by atoms with Crippen molar-refractivity contribution in [1.82, 2.24) is 15.1 Å². The van der Waals surface area contributed by atoms with Gasteiger partial charge in [0.05, 0.1) is 10.9 Å². The lowest BCUT2D eigenvalue weighted by atomic mass is 10.1. The smallest absolute Gasteiger partial charge is 0.257 e. The molecule has 2 aromatic heterocycles. The number of hydrogen-bond donors (Lipinski definition) is 0. The number of aromatic nitrogens is 2. The van der Waals surface area contributed by atoms with Crippen LogP contribution in [0.2, 0.25) is 5.02 Å². The normalized spacial score (nSPS) is 16.8. The first-order valence-corrected chi connectivity index (χ1v) is 10.00. The molecule has 0 amide bonds. The maximum Gasteiger partial charge on any atom is 0.257 e. The summed E-state index contributed by atoms with van der Waals surface area (Å²) >= 11 is 7.79. The molecule has 1 atom stereocenters. The molecule has 0 aliphatic carbocycles. The summed E-state index contributed by atoms with van der Waals surface area (Å²) in [4.78, 5) is 5.80. The SMILES string of the molecule is Cc1ccc(Cl)cc1N1CCN(C(C)c2nnc(-c3cccs3)o2)CC1. The Morgan fingerprint density at radius 2 is 1.96 bits per heavy atom. The number of benzene rings is 1. The number of thiophene rings is 1. The maximum absolute atomic E-state index is 6.18. The van der Waals surface area contributed by atoms with Gasteiger partial charge < -0.3 is 9.32 Å². The molecule has 1 aliphatic heterocycles. The summed E-state index contributed by atoms with van der Waals surface area (Å²) in [6.45, 7) is 8.07. The molecule has 1 fully saturated rings. The predicted octanol–water partition coefficient (Wildman–Crippen LogP) is 4.64. The quantitative estimate of drug-likeness (QED) is 0.651. The average Bonchev–Trinajstić information content (AvgIpc) is 3.35. The third-order valence-corrected chi connectivity index (χ3v) is 6.00. The molecule has 1 unspecified atom stereocenters. The van der Waals surface area contributed by atoms with Gasteiger partial charge in [0.15, 0.2) is 0 Å². The van der Waals surface area contributed by atoms with Gasteiger partial charge >= 0.3 is 0 Å². The molecule has 3 aromatic rings. The van der Waals surface area contributed by atoms with E-state index in [-0.39, 0.29) is 6.04 Å². The highest BCUT2D eigenvalue weighted by Gasteiger charge is 2.26. The van der Waals surface area contributed by atoms with Crippen LogP contribution in [0.1, 0.15) is 24.4 Å². The lowest BCUT2D eigenvalue weighted by molar-refractivity contribution is 0.173. The Labute approximate surface area is 162 Å². The summed E-state index contributed by atoms with van der Waals surface area (Å²) in [5, 5.41) is 11.3. The van der Waals surface area contributed by atoms with Gasteiger partial charge in [0.25, 0.3) is 5.89 Å². The first-order chi connectivity index (χ1) is 12.6. The van der Waals surface area contributed by atoms with Gasteiger partial charge in [-0.1, -0.05) is 23.7 Å². The summed E-state index contributed by atoms with van der Waals surface area (Å²) in [7, 11) is 0. The van der Waals surface area contributed by atoms with Crippen molar-refractivity contribution in [2.45, 2.75) is 19.9 Å². The van der Waals surface area contributed by atoms with Gasteiger partial charge in [-0.25, -0.2) is 0 Å². The van der Waals surface area contributed by atoms with E-state index in [4.69, 9.17) is 16.0 Å². The molecule has 5 nitrogen and oxygen atoms in total. The number of rotatable bonds is 4. The highest BCUT2D eigenvalue weighted by Crippen LogP contribution is 2.29. The molecule has 0 saturated carbocycles. The Morgan fingerprint density at radius 3 is 2.69 bits per heavy atom. The number of piperazine rings is 1. The topological polar surface area (TPSA) is 45.4 Å². The van der Waals surface area contributed by atoms with Crippen molar-refractivity contribution in [3.8, 4) is 10.8 Å². The van der Waals surface area contributed by atoms with E-state index in [1.54, 1.807) is 11.3 Å². The van der Waals surface area contributed by atoms with Crippen LogP contribution >= 0.6 is 22.9 Å². The second kappa shape index (κ2) is 7.39. The van der Waals surface area contributed by atoms with Gasteiger partial charge in [-0.05, 0) is 43.0 Å². The first-order valence-electron chi connectivity index (χ1n) is 8.74.